The van der Waals surface area contributed by atoms with E-state index in [2.05, 4.69) is 35.3 Å². The number of hydrogen-bond donors (Lipinski definition) is 3. The van der Waals surface area contributed by atoms with Crippen LogP contribution in [0.15, 0.2) is 53.6 Å². The number of fused-ring (bicyclic) bond motifs is 5. The summed E-state index contributed by atoms with van der Waals surface area (Å²) in [4.78, 5) is 42.5. The molecule has 23 heteroatoms. The maximum Gasteiger partial charge on any atom is 0.293 e. The molecule has 0 saturated heterocycles. The van der Waals surface area contributed by atoms with Gasteiger partial charge in [0.25, 0.3) is 17.9 Å². The topological polar surface area (TPSA) is 172 Å². The van der Waals surface area contributed by atoms with E-state index in [9.17, 15) is 31.4 Å². The van der Waals surface area contributed by atoms with E-state index in [-0.39, 0.29) is 67.7 Å². The van der Waals surface area contributed by atoms with Gasteiger partial charge in [-0.1, -0.05) is 11.6 Å². The molecule has 2 aliphatic rings. The number of nitrogens with one attached hydrogen (secondary N) is 2. The van der Waals surface area contributed by atoms with Crippen LogP contribution in [0.4, 0.5) is 32.2 Å². The number of carbonyl (C=O) groups is 1. The van der Waals surface area contributed by atoms with Gasteiger partial charge in [-0.15, -0.1) is 0 Å². The van der Waals surface area contributed by atoms with Crippen LogP contribution in [0.5, 0.6) is 0 Å². The van der Waals surface area contributed by atoms with E-state index in [1.54, 1.807) is 14.0 Å². The Kier molecular flexibility index (Phi) is 9.38. The summed E-state index contributed by atoms with van der Waals surface area (Å²) in [6.07, 6.45) is 0.686. The molecule has 2 aliphatic carbocycles. The van der Waals surface area contributed by atoms with Crippen molar-refractivity contribution in [3.8, 4) is 11.5 Å². The maximum atomic E-state index is 15.5. The van der Waals surface area contributed by atoms with Crippen molar-refractivity contribution in [2.75, 3.05) is 17.2 Å². The molecule has 5 aromatic heterocycles. The molecule has 318 valence electrons. The summed E-state index contributed by atoms with van der Waals surface area (Å²) in [6, 6.07) is 6.96. The number of halogens is 7. The van der Waals surface area contributed by atoms with E-state index in [0.29, 0.717) is 16.6 Å². The normalized spacial score (nSPS) is 17.5. The summed E-state index contributed by atoms with van der Waals surface area (Å²) in [7, 11) is -1.44. The van der Waals surface area contributed by atoms with Gasteiger partial charge in [-0.3, -0.25) is 27.7 Å². The Morgan fingerprint density at radius 2 is 1.79 bits per heavy atom. The van der Waals surface area contributed by atoms with Crippen LogP contribution in [-0.2, 0) is 40.8 Å². The van der Waals surface area contributed by atoms with Crippen molar-refractivity contribution in [2.45, 2.75) is 50.6 Å². The number of carbonyl (C=O) groups excluding carboxylic acids is 1. The first-order valence-electron chi connectivity index (χ1n) is 18.6. The zero-order valence-corrected chi connectivity index (χ0v) is 34.0. The number of amides is 1. The van der Waals surface area contributed by atoms with Crippen molar-refractivity contribution in [2.24, 2.45) is 13.0 Å². The van der Waals surface area contributed by atoms with E-state index < -0.39 is 87.8 Å². The quantitative estimate of drug-likeness (QED) is 0.112. The number of aryl methyl sites for hydroxylation is 2. The Labute approximate surface area is 346 Å². The molecule has 0 spiro atoms. The minimum atomic E-state index is -3.54. The number of benzene rings is 2. The fraction of sp³-hybridized carbons (Fsp3) is 0.316. The fourth-order valence-electron chi connectivity index (χ4n) is 8.12. The second kappa shape index (κ2) is 14.2. The van der Waals surface area contributed by atoms with Crippen molar-refractivity contribution >= 4 is 55.4 Å². The molecule has 9 rings (SSSR count). The van der Waals surface area contributed by atoms with Crippen molar-refractivity contribution in [1.29, 1.82) is 0 Å². The van der Waals surface area contributed by atoms with Crippen molar-refractivity contribution in [3.63, 3.8) is 0 Å². The van der Waals surface area contributed by atoms with E-state index in [0.717, 1.165) is 16.7 Å². The van der Waals surface area contributed by atoms with Crippen LogP contribution in [0.2, 0.25) is 5.02 Å². The number of pyridine rings is 1. The minimum Gasteiger partial charge on any atom is -0.344 e. The van der Waals surface area contributed by atoms with Gasteiger partial charge in [-0.2, -0.15) is 24.1 Å². The lowest BCUT2D eigenvalue weighted by Gasteiger charge is -2.24. The molecule has 0 radical (unpaired) electrons. The zero-order valence-electron chi connectivity index (χ0n) is 32.3. The summed E-state index contributed by atoms with van der Waals surface area (Å²) in [5.74, 6) is -8.07. The Hall–Kier alpha value is -6.16. The first-order valence-corrected chi connectivity index (χ1v) is 21.6. The molecule has 0 unspecified atom stereocenters. The Morgan fingerprint density at radius 3 is 2.46 bits per heavy atom. The van der Waals surface area contributed by atoms with E-state index in [1.165, 1.54) is 52.5 Å². The van der Waals surface area contributed by atoms with E-state index in [4.69, 9.17) is 16.6 Å². The summed E-state index contributed by atoms with van der Waals surface area (Å²) >= 11 is 6.71. The predicted octanol–water partition coefficient (Wildman–Crippen LogP) is 5.53. The van der Waals surface area contributed by atoms with Gasteiger partial charge in [0.15, 0.2) is 17.3 Å². The molecular weight excluding hydrogens is 854 g/mol. The lowest BCUT2D eigenvalue weighted by atomic mass is 10.0. The molecule has 3 atom stereocenters. The highest BCUT2D eigenvalue weighted by molar-refractivity contribution is 8.02. The largest absolute Gasteiger partial charge is 0.344 e. The first-order chi connectivity index (χ1) is 28.8. The van der Waals surface area contributed by atoms with Crippen LogP contribution in [-0.4, -0.2) is 71.5 Å². The Bertz CT molecular complexity index is 3070. The lowest BCUT2D eigenvalue weighted by molar-refractivity contribution is -0.123. The molecule has 61 heavy (non-hydrogen) atoms. The average Bonchev–Trinajstić information content (AvgIpc) is 3.39. The standard InChI is InChI=1S/C38H33ClF6N12O3S/c1-16-46-15-56(50-16)26-8-5-20-34(48-26)49-36(57(37(20)59)25-7-6-23(39)29-31(25)54(2)52-35(29)53-61(3,4)60)24(11-17-9-18(40)12-19(41)10-17)47-27(58)14-55-32-28(30(51-55)33(42)43)21-13-22(21)38(32,44)45/h5-10,12,15,21-22,24,33,61H,11,13-14H2,1-4H3,(H,47,58)(H,52,53,60)/t21-,22+,24-/m0/s1. The van der Waals surface area contributed by atoms with Crippen LogP contribution >= 0.6 is 11.6 Å². The highest BCUT2D eigenvalue weighted by Crippen LogP contribution is 2.68. The number of aromatic nitrogens is 10. The zero-order chi connectivity index (χ0) is 43.4. The summed E-state index contributed by atoms with van der Waals surface area (Å²) < 4.78 is 109. The van der Waals surface area contributed by atoms with Gasteiger partial charge in [-0.25, -0.2) is 37.2 Å². The predicted molar refractivity (Wildman–Crippen MR) is 212 cm³/mol. The number of alkyl halides is 4. The molecule has 15 nitrogen and oxygen atoms in total. The Balaban J connectivity index is 1.25. The monoisotopic (exact) mass is 886 g/mol. The summed E-state index contributed by atoms with van der Waals surface area (Å²) in [5.41, 5.74) is -2.52. The Morgan fingerprint density at radius 1 is 1.05 bits per heavy atom. The number of nitrogens with zero attached hydrogens (tertiary/aromatic N) is 10. The van der Waals surface area contributed by atoms with Crippen LogP contribution in [0.25, 0.3) is 33.4 Å². The van der Waals surface area contributed by atoms with Gasteiger partial charge in [0, 0.05) is 43.5 Å². The summed E-state index contributed by atoms with van der Waals surface area (Å²) in [6.45, 7) is 0.677. The number of anilines is 1. The average molecular weight is 887 g/mol. The van der Waals surface area contributed by atoms with E-state index >= 15 is 8.78 Å². The molecule has 1 amide bonds. The van der Waals surface area contributed by atoms with Crippen molar-refractivity contribution in [1.82, 2.24) is 54.2 Å². The third-order valence-corrected chi connectivity index (χ3v) is 11.7. The van der Waals surface area contributed by atoms with Crippen LogP contribution < -0.4 is 15.6 Å². The molecule has 5 heterocycles. The molecular formula is C38H33ClF6N12O3S. The minimum absolute atomic E-state index is 0.00366. The number of hydrogen-bond acceptors (Lipinski definition) is 9. The van der Waals surface area contributed by atoms with Gasteiger partial charge < -0.3 is 10.0 Å². The maximum absolute atomic E-state index is 15.5. The van der Waals surface area contributed by atoms with E-state index in [1.807, 2.05) is 0 Å². The summed E-state index contributed by atoms with van der Waals surface area (Å²) in [5, 5.41) is 15.6. The molecule has 2 aromatic carbocycles. The molecule has 2 N–H and O–H groups in total. The van der Waals surface area contributed by atoms with Crippen molar-refractivity contribution < 1.29 is 35.3 Å². The number of rotatable bonds is 11. The molecule has 1 fully saturated rings. The van der Waals surface area contributed by atoms with Crippen LogP contribution in [0.3, 0.4) is 0 Å². The van der Waals surface area contributed by atoms with Gasteiger partial charge >= 0.3 is 0 Å². The molecule has 1 saturated carbocycles. The van der Waals surface area contributed by atoms with Gasteiger partial charge in [0.05, 0.1) is 33.0 Å². The fourth-order valence-corrected chi connectivity index (χ4v) is 9.03. The smallest absolute Gasteiger partial charge is 0.293 e. The molecule has 7 aromatic rings. The molecule has 0 bridgehead atoms. The lowest BCUT2D eigenvalue weighted by Crippen LogP contribution is -2.38. The third kappa shape index (κ3) is 6.99. The highest BCUT2D eigenvalue weighted by atomic mass is 35.5. The highest BCUT2D eigenvalue weighted by Gasteiger charge is 2.67. The third-order valence-electron chi connectivity index (χ3n) is 10.6. The van der Waals surface area contributed by atoms with Gasteiger partial charge in [0.2, 0.25) is 5.91 Å². The first kappa shape index (κ1) is 40.3. The van der Waals surface area contributed by atoms with Crippen LogP contribution in [0.1, 0.15) is 59.0 Å². The second-order valence-corrected chi connectivity index (χ2v) is 18.7. The molecule has 0 aliphatic heterocycles. The van der Waals surface area contributed by atoms with Gasteiger partial charge in [0.1, 0.15) is 47.5 Å². The number of thiol groups is 1. The van der Waals surface area contributed by atoms with Gasteiger partial charge in [-0.05, 0) is 71.3 Å². The SMILES string of the molecule is Cc1ncn(-c2ccc3c(=O)n(-c4ccc(Cl)c5c(N[SH](C)(C)=O)nn(C)c45)c([C@H](Cc4cc(F)cc(F)c4)NC(=O)Cn4nc(C(F)F)c5c4C(F)(F)[C@@H]4C[C@H]54)nc3n2)n1. The van der Waals surface area contributed by atoms with Crippen LogP contribution in [0, 0.1) is 24.5 Å². The second-order valence-electron chi connectivity index (χ2n) is 15.4. The van der Waals surface area contributed by atoms with Crippen molar-refractivity contribution in [3.05, 3.63) is 110 Å².